The number of hydrogen-bond donors (Lipinski definition) is 2. The van der Waals surface area contributed by atoms with E-state index in [1.54, 1.807) is 13.1 Å². The molecular weight excluding hydrogens is 291 g/mol. The van der Waals surface area contributed by atoms with E-state index in [4.69, 9.17) is 5.73 Å². The van der Waals surface area contributed by atoms with E-state index in [9.17, 15) is 18.0 Å². The SMILES string of the molecule is CN(CCC(F)(F)F)c1cc(N)c(C(=O)NC2CC2)s1. The first-order valence-electron chi connectivity index (χ1n) is 6.24. The van der Waals surface area contributed by atoms with Gasteiger partial charge in [0.2, 0.25) is 0 Å². The summed E-state index contributed by atoms with van der Waals surface area (Å²) >= 11 is 1.12. The fourth-order valence-corrected chi connectivity index (χ4v) is 2.61. The highest BCUT2D eigenvalue weighted by Crippen LogP contribution is 2.33. The maximum absolute atomic E-state index is 12.2. The van der Waals surface area contributed by atoms with E-state index in [1.807, 2.05) is 0 Å². The van der Waals surface area contributed by atoms with Crippen molar-refractivity contribution in [1.29, 1.82) is 0 Å². The average Bonchev–Trinajstić information content (AvgIpc) is 3.05. The highest BCUT2D eigenvalue weighted by Gasteiger charge is 2.28. The Kier molecular flexibility index (Phi) is 4.12. The first kappa shape index (κ1) is 15.0. The Morgan fingerprint density at radius 1 is 1.55 bits per heavy atom. The minimum Gasteiger partial charge on any atom is -0.397 e. The molecule has 0 unspecified atom stereocenters. The molecule has 1 saturated carbocycles. The molecule has 0 radical (unpaired) electrons. The van der Waals surface area contributed by atoms with E-state index in [-0.39, 0.29) is 18.5 Å². The third-order valence-electron chi connectivity index (χ3n) is 2.97. The lowest BCUT2D eigenvalue weighted by molar-refractivity contribution is -0.132. The number of amides is 1. The second-order valence-corrected chi connectivity index (χ2v) is 5.93. The normalized spacial score (nSPS) is 15.2. The lowest BCUT2D eigenvalue weighted by Crippen LogP contribution is -2.25. The minimum absolute atomic E-state index is 0.160. The van der Waals surface area contributed by atoms with Crippen molar-refractivity contribution in [1.82, 2.24) is 5.32 Å². The van der Waals surface area contributed by atoms with Crippen LogP contribution in [0.2, 0.25) is 0 Å². The highest BCUT2D eigenvalue weighted by atomic mass is 32.1. The van der Waals surface area contributed by atoms with Crippen molar-refractivity contribution in [3.63, 3.8) is 0 Å². The maximum Gasteiger partial charge on any atom is 0.390 e. The van der Waals surface area contributed by atoms with Crippen LogP contribution in [0.25, 0.3) is 0 Å². The van der Waals surface area contributed by atoms with Crippen LogP contribution >= 0.6 is 11.3 Å². The molecule has 1 fully saturated rings. The van der Waals surface area contributed by atoms with Gasteiger partial charge in [-0.1, -0.05) is 0 Å². The van der Waals surface area contributed by atoms with Gasteiger partial charge in [0.25, 0.3) is 5.91 Å². The number of carbonyl (C=O) groups is 1. The molecule has 1 heterocycles. The predicted molar refractivity (Wildman–Crippen MR) is 73.2 cm³/mol. The van der Waals surface area contributed by atoms with Gasteiger partial charge in [-0.2, -0.15) is 13.2 Å². The van der Waals surface area contributed by atoms with Crippen molar-refractivity contribution in [2.24, 2.45) is 0 Å². The molecule has 0 saturated heterocycles. The van der Waals surface area contributed by atoms with E-state index in [0.717, 1.165) is 24.2 Å². The summed E-state index contributed by atoms with van der Waals surface area (Å²) in [5, 5.41) is 3.38. The Balaban J connectivity index is 2.00. The molecule has 1 aliphatic rings. The van der Waals surface area contributed by atoms with Crippen LogP contribution in [0.3, 0.4) is 0 Å². The van der Waals surface area contributed by atoms with Gasteiger partial charge in [0.1, 0.15) is 4.88 Å². The summed E-state index contributed by atoms with van der Waals surface area (Å²) in [6, 6.07) is 1.76. The van der Waals surface area contributed by atoms with Gasteiger partial charge in [-0.25, -0.2) is 0 Å². The Morgan fingerprint density at radius 2 is 2.20 bits per heavy atom. The van der Waals surface area contributed by atoms with Crippen molar-refractivity contribution in [2.75, 3.05) is 24.2 Å². The molecule has 1 amide bonds. The number of rotatable bonds is 5. The molecule has 1 aromatic rings. The van der Waals surface area contributed by atoms with E-state index >= 15 is 0 Å². The zero-order valence-electron chi connectivity index (χ0n) is 11.0. The summed E-state index contributed by atoms with van der Waals surface area (Å²) in [6.45, 7) is -0.160. The number of nitrogen functional groups attached to an aromatic ring is 1. The molecule has 0 atom stereocenters. The summed E-state index contributed by atoms with van der Waals surface area (Å²) < 4.78 is 36.5. The molecule has 3 N–H and O–H groups in total. The van der Waals surface area contributed by atoms with Gasteiger partial charge in [-0.05, 0) is 18.9 Å². The Hall–Kier alpha value is -1.44. The molecule has 0 aliphatic heterocycles. The fourth-order valence-electron chi connectivity index (χ4n) is 1.64. The maximum atomic E-state index is 12.2. The van der Waals surface area contributed by atoms with Gasteiger partial charge >= 0.3 is 6.18 Å². The topological polar surface area (TPSA) is 58.4 Å². The number of nitrogens with zero attached hydrogens (tertiary/aromatic N) is 1. The second-order valence-electron chi connectivity index (χ2n) is 4.90. The van der Waals surface area contributed by atoms with Crippen LogP contribution in [0.15, 0.2) is 6.07 Å². The zero-order valence-corrected chi connectivity index (χ0v) is 11.8. The Bertz CT molecular complexity index is 497. The van der Waals surface area contributed by atoms with Crippen LogP contribution < -0.4 is 16.0 Å². The molecular formula is C12H16F3N3OS. The molecule has 112 valence electrons. The molecule has 20 heavy (non-hydrogen) atoms. The standard InChI is InChI=1S/C12H16F3N3OS/c1-18(5-4-12(13,14)15)9-6-8(16)10(20-9)11(19)17-7-2-3-7/h6-7H,2-5,16H2,1H3,(H,17,19). The number of halogens is 3. The number of carbonyl (C=O) groups excluding carboxylic acids is 1. The number of nitrogens with one attached hydrogen (secondary N) is 1. The molecule has 0 spiro atoms. The lowest BCUT2D eigenvalue weighted by atomic mass is 10.3. The minimum atomic E-state index is -4.19. The third-order valence-corrected chi connectivity index (χ3v) is 4.24. The van der Waals surface area contributed by atoms with Crippen LogP contribution in [0.1, 0.15) is 28.9 Å². The van der Waals surface area contributed by atoms with Crippen molar-refractivity contribution < 1.29 is 18.0 Å². The lowest BCUT2D eigenvalue weighted by Gasteiger charge is -2.17. The smallest absolute Gasteiger partial charge is 0.390 e. The molecule has 0 bridgehead atoms. The van der Waals surface area contributed by atoms with E-state index in [1.165, 1.54) is 4.90 Å². The van der Waals surface area contributed by atoms with Crippen molar-refractivity contribution in [3.8, 4) is 0 Å². The number of nitrogens with two attached hydrogens (primary N) is 1. The summed E-state index contributed by atoms with van der Waals surface area (Å²) in [6.07, 6.45) is -3.15. The molecule has 4 nitrogen and oxygen atoms in total. The van der Waals surface area contributed by atoms with Crippen LogP contribution in [0, 0.1) is 0 Å². The second kappa shape index (κ2) is 5.51. The van der Waals surface area contributed by atoms with Gasteiger partial charge in [-0.15, -0.1) is 11.3 Å². The van der Waals surface area contributed by atoms with Gasteiger partial charge in [0, 0.05) is 19.6 Å². The number of alkyl halides is 3. The van der Waals surface area contributed by atoms with E-state index in [2.05, 4.69) is 5.32 Å². The van der Waals surface area contributed by atoms with E-state index in [0.29, 0.717) is 15.6 Å². The summed E-state index contributed by atoms with van der Waals surface area (Å²) in [4.78, 5) is 13.7. The predicted octanol–water partition coefficient (Wildman–Crippen LogP) is 2.61. The van der Waals surface area contributed by atoms with Crippen LogP contribution in [0.4, 0.5) is 23.9 Å². The summed E-state index contributed by atoms with van der Waals surface area (Å²) in [7, 11) is 1.56. The van der Waals surface area contributed by atoms with Gasteiger partial charge in [0.15, 0.2) is 0 Å². The van der Waals surface area contributed by atoms with Crippen molar-refractivity contribution in [2.45, 2.75) is 31.5 Å². The molecule has 0 aromatic carbocycles. The first-order chi connectivity index (χ1) is 9.26. The van der Waals surface area contributed by atoms with Gasteiger partial charge in [-0.3, -0.25) is 4.79 Å². The van der Waals surface area contributed by atoms with Crippen LogP contribution in [-0.2, 0) is 0 Å². The molecule has 2 rings (SSSR count). The zero-order chi connectivity index (χ0) is 14.9. The third kappa shape index (κ3) is 4.03. The number of hydrogen-bond acceptors (Lipinski definition) is 4. The number of thiophene rings is 1. The molecule has 1 aromatic heterocycles. The number of anilines is 2. The van der Waals surface area contributed by atoms with Crippen LogP contribution in [0.5, 0.6) is 0 Å². The molecule has 8 heteroatoms. The monoisotopic (exact) mass is 307 g/mol. The molecule has 1 aliphatic carbocycles. The average molecular weight is 307 g/mol. The Labute approximate surface area is 118 Å². The van der Waals surface area contributed by atoms with Crippen molar-refractivity contribution >= 4 is 27.9 Å². The fraction of sp³-hybridized carbons (Fsp3) is 0.583. The summed E-state index contributed by atoms with van der Waals surface area (Å²) in [5.41, 5.74) is 6.07. The van der Waals surface area contributed by atoms with E-state index < -0.39 is 12.6 Å². The van der Waals surface area contributed by atoms with Crippen LogP contribution in [-0.4, -0.2) is 31.7 Å². The Morgan fingerprint density at radius 3 is 2.75 bits per heavy atom. The summed E-state index contributed by atoms with van der Waals surface area (Å²) in [5.74, 6) is -0.245. The van der Waals surface area contributed by atoms with Gasteiger partial charge in [0.05, 0.1) is 17.1 Å². The quantitative estimate of drug-likeness (QED) is 0.879. The highest BCUT2D eigenvalue weighted by molar-refractivity contribution is 7.18. The largest absolute Gasteiger partial charge is 0.397 e. The van der Waals surface area contributed by atoms with Gasteiger partial charge < -0.3 is 16.0 Å². The van der Waals surface area contributed by atoms with Crippen molar-refractivity contribution in [3.05, 3.63) is 10.9 Å². The first-order valence-corrected chi connectivity index (χ1v) is 7.06.